The van der Waals surface area contributed by atoms with Crippen LogP contribution in [0.15, 0.2) is 35.3 Å². The van der Waals surface area contributed by atoms with Crippen molar-refractivity contribution in [2.45, 2.75) is 19.3 Å². The molecule has 0 atom stereocenters. The Hall–Kier alpha value is -1.56. The van der Waals surface area contributed by atoms with E-state index in [9.17, 15) is 8.42 Å². The lowest BCUT2D eigenvalue weighted by Crippen LogP contribution is -2.34. The van der Waals surface area contributed by atoms with Crippen molar-refractivity contribution < 1.29 is 8.42 Å². The molecule has 6 heteroatoms. The van der Waals surface area contributed by atoms with Gasteiger partial charge in [0, 0.05) is 24.8 Å². The maximum absolute atomic E-state index is 11.4. The van der Waals surface area contributed by atoms with E-state index in [0.29, 0.717) is 12.5 Å². The maximum atomic E-state index is 11.4. The van der Waals surface area contributed by atoms with Crippen LogP contribution in [-0.4, -0.2) is 39.5 Å². The van der Waals surface area contributed by atoms with Crippen LogP contribution in [0.5, 0.6) is 0 Å². The van der Waals surface area contributed by atoms with Gasteiger partial charge in [0.1, 0.15) is 9.84 Å². The summed E-state index contributed by atoms with van der Waals surface area (Å²) in [6.07, 6.45) is 3.99. The maximum Gasteiger partial charge on any atom is 0.188 e. The fourth-order valence-electron chi connectivity index (χ4n) is 2.37. The molecular weight excluding hydrogens is 286 g/mol. The summed E-state index contributed by atoms with van der Waals surface area (Å²) >= 11 is 0. The van der Waals surface area contributed by atoms with Crippen molar-refractivity contribution in [3.63, 3.8) is 0 Å². The van der Waals surface area contributed by atoms with Gasteiger partial charge in [-0.2, -0.15) is 0 Å². The minimum atomic E-state index is -2.95. The monoisotopic (exact) mass is 309 g/mol. The molecule has 0 saturated heterocycles. The van der Waals surface area contributed by atoms with Crippen LogP contribution in [0.4, 0.5) is 0 Å². The number of nitrogens with zero attached hydrogens (tertiary/aromatic N) is 1. The molecule has 0 radical (unpaired) electrons. The first-order valence-corrected chi connectivity index (χ1v) is 9.20. The van der Waals surface area contributed by atoms with Crippen LogP contribution in [0.25, 0.3) is 0 Å². The second kappa shape index (κ2) is 6.47. The summed E-state index contributed by atoms with van der Waals surface area (Å²) in [4.78, 5) is 4.29. The first-order chi connectivity index (χ1) is 9.89. The number of nitrogens with two attached hydrogens (primary N) is 1. The molecule has 0 heterocycles. The number of benzene rings is 1. The number of rotatable bonds is 7. The fraction of sp³-hybridized carbons (Fsp3) is 0.533. The lowest BCUT2D eigenvalue weighted by Gasteiger charge is -2.12. The van der Waals surface area contributed by atoms with Gasteiger partial charge in [0.2, 0.25) is 0 Å². The first kappa shape index (κ1) is 15.8. The number of hydrogen-bond donors (Lipinski definition) is 2. The number of hydrogen-bond acceptors (Lipinski definition) is 3. The van der Waals surface area contributed by atoms with Gasteiger partial charge in [-0.25, -0.2) is 8.42 Å². The molecule has 5 nitrogen and oxygen atoms in total. The van der Waals surface area contributed by atoms with E-state index in [4.69, 9.17) is 5.73 Å². The Morgan fingerprint density at radius 3 is 2.57 bits per heavy atom. The van der Waals surface area contributed by atoms with Crippen molar-refractivity contribution in [2.75, 3.05) is 25.1 Å². The molecule has 0 amide bonds. The molecule has 1 fully saturated rings. The summed E-state index contributed by atoms with van der Waals surface area (Å²) in [6, 6.07) is 10.1. The molecule has 21 heavy (non-hydrogen) atoms. The van der Waals surface area contributed by atoms with E-state index >= 15 is 0 Å². The summed E-state index contributed by atoms with van der Waals surface area (Å²) < 4.78 is 22.7. The Bertz CT molecular complexity index is 593. The zero-order valence-electron chi connectivity index (χ0n) is 12.4. The number of guanidine groups is 1. The van der Waals surface area contributed by atoms with E-state index < -0.39 is 9.84 Å². The SMILES string of the molecule is CS(=O)(=O)CC1(CN=C(N)NCCc2ccccc2)CC1. The number of aliphatic imine (C=N–C) groups is 1. The Labute approximate surface area is 126 Å². The lowest BCUT2D eigenvalue weighted by molar-refractivity contribution is 0.551. The van der Waals surface area contributed by atoms with Gasteiger partial charge in [-0.05, 0) is 24.8 Å². The van der Waals surface area contributed by atoms with Crippen LogP contribution >= 0.6 is 0 Å². The molecule has 116 valence electrons. The topological polar surface area (TPSA) is 84.5 Å². The van der Waals surface area contributed by atoms with Gasteiger partial charge in [0.15, 0.2) is 5.96 Å². The molecule has 1 aromatic rings. The Kier molecular flexibility index (Phi) is 4.88. The highest BCUT2D eigenvalue weighted by Gasteiger charge is 2.45. The number of sulfone groups is 1. The van der Waals surface area contributed by atoms with E-state index in [1.807, 2.05) is 18.2 Å². The van der Waals surface area contributed by atoms with Crippen LogP contribution in [0.2, 0.25) is 0 Å². The fourth-order valence-corrected chi connectivity index (χ4v) is 3.86. The lowest BCUT2D eigenvalue weighted by atomic mass is 10.1. The van der Waals surface area contributed by atoms with Gasteiger partial charge in [0.25, 0.3) is 0 Å². The summed E-state index contributed by atoms with van der Waals surface area (Å²) in [6.45, 7) is 1.21. The number of nitrogens with one attached hydrogen (secondary N) is 1. The Morgan fingerprint density at radius 1 is 1.33 bits per heavy atom. The van der Waals surface area contributed by atoms with E-state index in [0.717, 1.165) is 25.8 Å². The van der Waals surface area contributed by atoms with Crippen molar-refractivity contribution in [1.82, 2.24) is 5.32 Å². The third-order valence-corrected chi connectivity index (χ3v) is 4.81. The molecule has 2 rings (SSSR count). The second-order valence-electron chi connectivity index (χ2n) is 5.93. The van der Waals surface area contributed by atoms with Crippen molar-refractivity contribution in [2.24, 2.45) is 16.1 Å². The standard InChI is InChI=1S/C15H23N3O2S/c1-21(19,20)12-15(8-9-15)11-18-14(16)17-10-7-13-5-3-2-4-6-13/h2-6H,7-12H2,1H3,(H3,16,17,18). The van der Waals surface area contributed by atoms with E-state index in [2.05, 4.69) is 22.4 Å². The second-order valence-corrected chi connectivity index (χ2v) is 8.07. The van der Waals surface area contributed by atoms with Crippen LogP contribution < -0.4 is 11.1 Å². The van der Waals surface area contributed by atoms with Crippen molar-refractivity contribution in [3.05, 3.63) is 35.9 Å². The minimum Gasteiger partial charge on any atom is -0.370 e. The van der Waals surface area contributed by atoms with Crippen LogP contribution in [0, 0.1) is 5.41 Å². The summed E-state index contributed by atoms with van der Waals surface area (Å²) in [5.74, 6) is 0.603. The molecule has 1 aliphatic carbocycles. The third-order valence-electron chi connectivity index (χ3n) is 3.67. The van der Waals surface area contributed by atoms with Crippen LogP contribution in [0.1, 0.15) is 18.4 Å². The quantitative estimate of drug-likeness (QED) is 0.580. The molecule has 1 saturated carbocycles. The molecule has 0 aliphatic heterocycles. The molecule has 1 aliphatic rings. The molecular formula is C15H23N3O2S. The average molecular weight is 309 g/mol. The zero-order valence-corrected chi connectivity index (χ0v) is 13.2. The Morgan fingerprint density at radius 2 is 2.00 bits per heavy atom. The van der Waals surface area contributed by atoms with Gasteiger partial charge in [-0.3, -0.25) is 4.99 Å². The van der Waals surface area contributed by atoms with Crippen LogP contribution in [-0.2, 0) is 16.3 Å². The summed E-state index contributed by atoms with van der Waals surface area (Å²) in [5.41, 5.74) is 6.90. The minimum absolute atomic E-state index is 0.167. The highest BCUT2D eigenvalue weighted by atomic mass is 32.2. The zero-order chi connectivity index (χ0) is 15.3. The molecule has 0 spiro atoms. The molecule has 0 unspecified atom stereocenters. The van der Waals surface area contributed by atoms with Gasteiger partial charge >= 0.3 is 0 Å². The molecule has 0 bridgehead atoms. The van der Waals surface area contributed by atoms with Crippen molar-refractivity contribution in [1.29, 1.82) is 0 Å². The van der Waals surface area contributed by atoms with Gasteiger partial charge < -0.3 is 11.1 Å². The molecule has 1 aromatic carbocycles. The van der Waals surface area contributed by atoms with E-state index in [1.54, 1.807) is 0 Å². The largest absolute Gasteiger partial charge is 0.370 e. The predicted molar refractivity (Wildman–Crippen MR) is 86.0 cm³/mol. The Balaban J connectivity index is 1.75. The summed E-state index contributed by atoms with van der Waals surface area (Å²) in [7, 11) is -2.95. The normalized spacial score (nSPS) is 17.5. The van der Waals surface area contributed by atoms with Gasteiger partial charge in [0.05, 0.1) is 5.75 Å². The van der Waals surface area contributed by atoms with E-state index in [1.165, 1.54) is 11.8 Å². The van der Waals surface area contributed by atoms with Crippen molar-refractivity contribution in [3.8, 4) is 0 Å². The third kappa shape index (κ3) is 5.75. The van der Waals surface area contributed by atoms with Gasteiger partial charge in [-0.15, -0.1) is 0 Å². The average Bonchev–Trinajstić information content (AvgIpc) is 3.16. The highest BCUT2D eigenvalue weighted by molar-refractivity contribution is 7.90. The first-order valence-electron chi connectivity index (χ1n) is 7.14. The van der Waals surface area contributed by atoms with E-state index in [-0.39, 0.29) is 11.2 Å². The van der Waals surface area contributed by atoms with Crippen LogP contribution in [0.3, 0.4) is 0 Å². The predicted octanol–water partition coefficient (Wildman–Crippen LogP) is 0.958. The molecule has 3 N–H and O–H groups in total. The van der Waals surface area contributed by atoms with Gasteiger partial charge in [-0.1, -0.05) is 30.3 Å². The summed E-state index contributed by atoms with van der Waals surface area (Å²) in [5, 5.41) is 3.07. The van der Waals surface area contributed by atoms with Crippen molar-refractivity contribution >= 4 is 15.8 Å². The highest BCUT2D eigenvalue weighted by Crippen LogP contribution is 2.46. The molecule has 0 aromatic heterocycles. The smallest absolute Gasteiger partial charge is 0.188 e.